The lowest BCUT2D eigenvalue weighted by Crippen LogP contribution is -2.36. The minimum absolute atomic E-state index is 0.0973. The van der Waals surface area contributed by atoms with E-state index in [0.29, 0.717) is 12.3 Å². The fourth-order valence-corrected chi connectivity index (χ4v) is 2.21. The topological polar surface area (TPSA) is 49.8 Å². The number of ether oxygens (including phenoxy) is 1. The van der Waals surface area contributed by atoms with E-state index in [-0.39, 0.29) is 6.10 Å². The van der Waals surface area contributed by atoms with Gasteiger partial charge in [0, 0.05) is 13.1 Å². The molecule has 1 rings (SSSR count). The number of hydrogen-bond donors (Lipinski definition) is 1. The average molecular weight is 243 g/mol. The molecule has 17 heavy (non-hydrogen) atoms. The fraction of sp³-hybridized carbons (Fsp3) is 0.923. The molecule has 1 fully saturated rings. The molecule has 1 aliphatic heterocycles. The number of carbonyl (C=O) groups is 1. The van der Waals surface area contributed by atoms with Crippen molar-refractivity contribution in [3.05, 3.63) is 0 Å². The average Bonchev–Trinajstić information content (AvgIpc) is 2.76. The largest absolute Gasteiger partial charge is 0.479 e. The summed E-state index contributed by atoms with van der Waals surface area (Å²) >= 11 is 0. The number of rotatable bonds is 7. The lowest BCUT2D eigenvalue weighted by Gasteiger charge is -2.26. The quantitative estimate of drug-likeness (QED) is 0.743. The summed E-state index contributed by atoms with van der Waals surface area (Å²) in [4.78, 5) is 13.2. The van der Waals surface area contributed by atoms with Gasteiger partial charge < -0.3 is 14.7 Å². The molecule has 0 aromatic heterocycles. The van der Waals surface area contributed by atoms with Crippen LogP contribution in [0.1, 0.15) is 40.0 Å². The maximum Gasteiger partial charge on any atom is 0.332 e. The Hall–Kier alpha value is -0.610. The molecule has 0 spiro atoms. The molecule has 3 atom stereocenters. The van der Waals surface area contributed by atoms with Crippen LogP contribution in [-0.2, 0) is 9.53 Å². The van der Waals surface area contributed by atoms with Gasteiger partial charge >= 0.3 is 5.97 Å². The van der Waals surface area contributed by atoms with E-state index in [1.54, 1.807) is 0 Å². The summed E-state index contributed by atoms with van der Waals surface area (Å²) in [7, 11) is 0. The summed E-state index contributed by atoms with van der Waals surface area (Å²) in [5, 5.41) is 8.87. The van der Waals surface area contributed by atoms with Gasteiger partial charge in [0.1, 0.15) is 0 Å². The van der Waals surface area contributed by atoms with Gasteiger partial charge in [0.2, 0.25) is 0 Å². The number of carboxylic acid groups (broad SMARTS) is 1. The summed E-state index contributed by atoms with van der Waals surface area (Å²) in [5.41, 5.74) is 0. The first-order valence-corrected chi connectivity index (χ1v) is 6.67. The Labute approximate surface area is 104 Å². The number of hydrogen-bond acceptors (Lipinski definition) is 3. The first-order valence-electron chi connectivity index (χ1n) is 6.67. The highest BCUT2D eigenvalue weighted by molar-refractivity contribution is 5.72. The van der Waals surface area contributed by atoms with Crippen LogP contribution in [0.4, 0.5) is 0 Å². The molecule has 3 unspecified atom stereocenters. The molecular weight excluding hydrogens is 218 g/mol. The number of likely N-dealkylation sites (N-methyl/N-ethyl adjacent to an activating group) is 1. The van der Waals surface area contributed by atoms with Crippen molar-refractivity contribution in [2.75, 3.05) is 19.6 Å². The third-order valence-electron chi connectivity index (χ3n) is 3.56. The predicted octanol–water partition coefficient (Wildman–Crippen LogP) is 1.99. The molecule has 0 amide bonds. The first-order chi connectivity index (χ1) is 8.06. The Morgan fingerprint density at radius 2 is 2.18 bits per heavy atom. The van der Waals surface area contributed by atoms with Crippen LogP contribution in [0.2, 0.25) is 0 Å². The molecule has 1 N–H and O–H groups in total. The molecule has 0 saturated carbocycles. The summed E-state index contributed by atoms with van der Waals surface area (Å²) in [6.45, 7) is 9.53. The molecule has 4 nitrogen and oxygen atoms in total. The molecule has 0 bridgehead atoms. The van der Waals surface area contributed by atoms with Crippen LogP contribution in [0.5, 0.6) is 0 Å². The minimum atomic E-state index is -0.822. The monoisotopic (exact) mass is 243 g/mol. The van der Waals surface area contributed by atoms with E-state index in [0.717, 1.165) is 26.1 Å². The third-order valence-corrected chi connectivity index (χ3v) is 3.56. The molecule has 0 aromatic rings. The van der Waals surface area contributed by atoms with E-state index in [2.05, 4.69) is 25.7 Å². The maximum absolute atomic E-state index is 10.8. The zero-order valence-corrected chi connectivity index (χ0v) is 11.2. The Morgan fingerprint density at radius 3 is 2.65 bits per heavy atom. The lowest BCUT2D eigenvalue weighted by atomic mass is 10.1. The summed E-state index contributed by atoms with van der Waals surface area (Å²) < 4.78 is 5.53. The van der Waals surface area contributed by atoms with E-state index in [4.69, 9.17) is 9.84 Å². The molecule has 1 aliphatic rings. The normalized spacial score (nSPS) is 26.4. The minimum Gasteiger partial charge on any atom is -0.479 e. The van der Waals surface area contributed by atoms with E-state index < -0.39 is 12.1 Å². The predicted molar refractivity (Wildman–Crippen MR) is 67.1 cm³/mol. The van der Waals surface area contributed by atoms with Crippen LogP contribution in [-0.4, -0.2) is 47.8 Å². The molecule has 0 radical (unpaired) electrons. The SMILES string of the molecule is CCC(C)CN(CC)CC1CCC(C(=O)O)O1. The zero-order chi connectivity index (χ0) is 12.8. The molecule has 1 saturated heterocycles. The van der Waals surface area contributed by atoms with Crippen molar-refractivity contribution in [3.8, 4) is 0 Å². The van der Waals surface area contributed by atoms with Gasteiger partial charge in [-0.05, 0) is 25.3 Å². The zero-order valence-electron chi connectivity index (χ0n) is 11.2. The van der Waals surface area contributed by atoms with Crippen LogP contribution in [0.3, 0.4) is 0 Å². The van der Waals surface area contributed by atoms with E-state index >= 15 is 0 Å². The van der Waals surface area contributed by atoms with Gasteiger partial charge in [0.05, 0.1) is 6.10 Å². The number of nitrogens with zero attached hydrogens (tertiary/aromatic N) is 1. The highest BCUT2D eigenvalue weighted by Gasteiger charge is 2.31. The highest BCUT2D eigenvalue weighted by Crippen LogP contribution is 2.21. The first kappa shape index (κ1) is 14.5. The van der Waals surface area contributed by atoms with Crippen molar-refractivity contribution in [2.45, 2.75) is 52.2 Å². The summed E-state index contributed by atoms with van der Waals surface area (Å²) in [6.07, 6.45) is 2.22. The lowest BCUT2D eigenvalue weighted by molar-refractivity contribution is -0.149. The van der Waals surface area contributed by atoms with Crippen LogP contribution in [0.15, 0.2) is 0 Å². The van der Waals surface area contributed by atoms with Crippen LogP contribution in [0.25, 0.3) is 0 Å². The van der Waals surface area contributed by atoms with Crippen LogP contribution >= 0.6 is 0 Å². The standard InChI is InChI=1S/C13H25NO3/c1-4-10(3)8-14(5-2)9-11-6-7-12(17-11)13(15)16/h10-12H,4-9H2,1-3H3,(H,15,16). The second-order valence-corrected chi connectivity index (χ2v) is 5.03. The van der Waals surface area contributed by atoms with Gasteiger partial charge in [-0.15, -0.1) is 0 Å². The number of aliphatic carboxylic acids is 1. The van der Waals surface area contributed by atoms with Gasteiger partial charge in [-0.25, -0.2) is 4.79 Å². The van der Waals surface area contributed by atoms with Crippen molar-refractivity contribution in [1.29, 1.82) is 0 Å². The Bertz CT molecular complexity index is 245. The van der Waals surface area contributed by atoms with Crippen molar-refractivity contribution in [1.82, 2.24) is 4.90 Å². The van der Waals surface area contributed by atoms with Gasteiger partial charge in [0.25, 0.3) is 0 Å². The number of carboxylic acids is 1. The summed E-state index contributed by atoms with van der Waals surface area (Å²) in [6, 6.07) is 0. The van der Waals surface area contributed by atoms with Crippen molar-refractivity contribution >= 4 is 5.97 Å². The van der Waals surface area contributed by atoms with E-state index in [1.165, 1.54) is 6.42 Å². The molecule has 4 heteroatoms. The van der Waals surface area contributed by atoms with Gasteiger partial charge in [-0.2, -0.15) is 0 Å². The summed E-state index contributed by atoms with van der Waals surface area (Å²) in [5.74, 6) is -0.135. The molecular formula is C13H25NO3. The molecule has 0 aliphatic carbocycles. The molecule has 1 heterocycles. The smallest absolute Gasteiger partial charge is 0.332 e. The van der Waals surface area contributed by atoms with Gasteiger partial charge in [-0.1, -0.05) is 27.2 Å². The second-order valence-electron chi connectivity index (χ2n) is 5.03. The molecule has 0 aromatic carbocycles. The van der Waals surface area contributed by atoms with Gasteiger partial charge in [0.15, 0.2) is 6.10 Å². The Balaban J connectivity index is 2.34. The third kappa shape index (κ3) is 4.64. The second kappa shape index (κ2) is 6.97. The Morgan fingerprint density at radius 1 is 1.47 bits per heavy atom. The fourth-order valence-electron chi connectivity index (χ4n) is 2.21. The van der Waals surface area contributed by atoms with Crippen molar-refractivity contribution in [3.63, 3.8) is 0 Å². The van der Waals surface area contributed by atoms with Gasteiger partial charge in [-0.3, -0.25) is 0 Å². The van der Waals surface area contributed by atoms with E-state index in [9.17, 15) is 4.79 Å². The van der Waals surface area contributed by atoms with Crippen LogP contribution < -0.4 is 0 Å². The maximum atomic E-state index is 10.8. The van der Waals surface area contributed by atoms with Crippen LogP contribution in [0, 0.1) is 5.92 Å². The Kier molecular flexibility index (Phi) is 5.92. The van der Waals surface area contributed by atoms with E-state index in [1.807, 2.05) is 0 Å². The van der Waals surface area contributed by atoms with Crippen molar-refractivity contribution in [2.24, 2.45) is 5.92 Å². The molecule has 100 valence electrons. The highest BCUT2D eigenvalue weighted by atomic mass is 16.5. The van der Waals surface area contributed by atoms with Crippen molar-refractivity contribution < 1.29 is 14.6 Å².